The van der Waals surface area contributed by atoms with Gasteiger partial charge in [-0.05, 0) is 45.6 Å². The van der Waals surface area contributed by atoms with Crippen molar-refractivity contribution in [2.75, 3.05) is 0 Å². The van der Waals surface area contributed by atoms with Crippen LogP contribution in [0.25, 0.3) is 5.57 Å². The molecule has 112 valence electrons. The van der Waals surface area contributed by atoms with E-state index < -0.39 is 5.60 Å². The van der Waals surface area contributed by atoms with E-state index in [9.17, 15) is 4.79 Å². The molecule has 0 N–H and O–H groups in total. The molecule has 2 aliphatic rings. The Morgan fingerprint density at radius 3 is 2.62 bits per heavy atom. The molecule has 2 bridgehead atoms. The summed E-state index contributed by atoms with van der Waals surface area (Å²) in [5.74, 6) is 0. The number of ether oxygens (including phenoxy) is 1. The predicted octanol–water partition coefficient (Wildman–Crippen LogP) is 3.03. The minimum Gasteiger partial charge on any atom is -0.444 e. The highest BCUT2D eigenvalue weighted by Crippen LogP contribution is 2.38. The molecule has 5 nitrogen and oxygen atoms in total. The summed E-state index contributed by atoms with van der Waals surface area (Å²) in [6.45, 7) is 5.71. The molecule has 3 heterocycles. The van der Waals surface area contributed by atoms with Gasteiger partial charge in [0, 0.05) is 24.0 Å². The summed E-state index contributed by atoms with van der Waals surface area (Å²) in [5.41, 5.74) is 1.84. The van der Waals surface area contributed by atoms with Crippen molar-refractivity contribution in [3.05, 3.63) is 30.4 Å². The van der Waals surface area contributed by atoms with Crippen molar-refractivity contribution in [2.24, 2.45) is 0 Å². The molecular formula is C16H21N3O2. The van der Waals surface area contributed by atoms with Crippen LogP contribution in [0.1, 0.15) is 45.6 Å². The third-order valence-electron chi connectivity index (χ3n) is 3.93. The second-order valence-electron chi connectivity index (χ2n) is 6.71. The second-order valence-corrected chi connectivity index (χ2v) is 6.71. The first kappa shape index (κ1) is 14.0. The Bertz CT molecular complexity index is 563. The molecule has 0 radical (unpaired) electrons. The lowest BCUT2D eigenvalue weighted by molar-refractivity contribution is 0.0175. The van der Waals surface area contributed by atoms with Crippen molar-refractivity contribution >= 4 is 11.7 Å². The van der Waals surface area contributed by atoms with Gasteiger partial charge >= 0.3 is 6.09 Å². The Labute approximate surface area is 125 Å². The van der Waals surface area contributed by atoms with Gasteiger partial charge in [0.2, 0.25) is 0 Å². The molecule has 0 spiro atoms. The molecule has 5 heteroatoms. The van der Waals surface area contributed by atoms with E-state index in [1.165, 1.54) is 11.9 Å². The first-order chi connectivity index (χ1) is 9.94. The van der Waals surface area contributed by atoms with Crippen molar-refractivity contribution in [2.45, 2.75) is 57.7 Å². The van der Waals surface area contributed by atoms with Gasteiger partial charge in [0.05, 0.1) is 6.04 Å². The highest BCUT2D eigenvalue weighted by molar-refractivity contribution is 5.74. The lowest BCUT2D eigenvalue weighted by Crippen LogP contribution is -2.45. The molecule has 1 saturated heterocycles. The van der Waals surface area contributed by atoms with Crippen molar-refractivity contribution in [1.29, 1.82) is 0 Å². The summed E-state index contributed by atoms with van der Waals surface area (Å²) >= 11 is 0. The topological polar surface area (TPSA) is 55.3 Å². The Hall–Kier alpha value is -1.91. The summed E-state index contributed by atoms with van der Waals surface area (Å²) in [7, 11) is 0. The van der Waals surface area contributed by atoms with Crippen molar-refractivity contribution in [3.8, 4) is 0 Å². The van der Waals surface area contributed by atoms with Gasteiger partial charge in [-0.2, -0.15) is 0 Å². The molecule has 21 heavy (non-hydrogen) atoms. The molecule has 0 aliphatic carbocycles. The summed E-state index contributed by atoms with van der Waals surface area (Å²) < 4.78 is 5.53. The number of fused-ring (bicyclic) bond motifs is 2. The highest BCUT2D eigenvalue weighted by Gasteiger charge is 2.41. The molecule has 0 aromatic carbocycles. The van der Waals surface area contributed by atoms with Gasteiger partial charge < -0.3 is 4.74 Å². The maximum absolute atomic E-state index is 12.4. The van der Waals surface area contributed by atoms with E-state index in [1.54, 1.807) is 0 Å². The molecule has 2 atom stereocenters. The van der Waals surface area contributed by atoms with Crippen LogP contribution in [-0.2, 0) is 4.74 Å². The van der Waals surface area contributed by atoms with E-state index in [2.05, 4.69) is 16.0 Å². The number of rotatable bonds is 1. The standard InChI is InChI=1S/C16H21N3O2/c1-16(2,3)21-15(20)19-13-4-5-14(19)7-11(6-13)12-8-17-10-18-9-12/h6,8-10,13-14H,4-5,7H2,1-3H3. The van der Waals surface area contributed by atoms with E-state index in [1.807, 2.05) is 38.1 Å². The normalized spacial score (nSPS) is 24.7. The number of nitrogens with zero attached hydrogens (tertiary/aromatic N) is 3. The quantitative estimate of drug-likeness (QED) is 0.796. The number of carbonyl (C=O) groups is 1. The second kappa shape index (κ2) is 5.13. The van der Waals surface area contributed by atoms with Crippen molar-refractivity contribution in [3.63, 3.8) is 0 Å². The molecule has 1 aromatic heterocycles. The van der Waals surface area contributed by atoms with Gasteiger partial charge in [-0.25, -0.2) is 14.8 Å². The van der Waals surface area contributed by atoms with Crippen LogP contribution in [0.15, 0.2) is 24.8 Å². The van der Waals surface area contributed by atoms with Crippen LogP contribution in [0.5, 0.6) is 0 Å². The molecule has 1 aromatic rings. The van der Waals surface area contributed by atoms with Gasteiger partial charge in [-0.3, -0.25) is 4.90 Å². The predicted molar refractivity (Wildman–Crippen MR) is 79.5 cm³/mol. The van der Waals surface area contributed by atoms with E-state index >= 15 is 0 Å². The third kappa shape index (κ3) is 2.91. The Kier molecular flexibility index (Phi) is 3.43. The summed E-state index contributed by atoms with van der Waals surface area (Å²) in [6, 6.07) is 0.360. The van der Waals surface area contributed by atoms with E-state index in [0.717, 1.165) is 24.8 Å². The zero-order valence-electron chi connectivity index (χ0n) is 12.7. The fraction of sp³-hybridized carbons (Fsp3) is 0.562. The largest absolute Gasteiger partial charge is 0.444 e. The molecular weight excluding hydrogens is 266 g/mol. The Balaban J connectivity index is 1.80. The van der Waals surface area contributed by atoms with Crippen LogP contribution in [0.3, 0.4) is 0 Å². The number of hydrogen-bond donors (Lipinski definition) is 0. The van der Waals surface area contributed by atoms with Crippen LogP contribution in [0.4, 0.5) is 4.79 Å². The van der Waals surface area contributed by atoms with Crippen LogP contribution < -0.4 is 0 Å². The van der Waals surface area contributed by atoms with Gasteiger partial charge in [-0.1, -0.05) is 6.08 Å². The number of hydrogen-bond acceptors (Lipinski definition) is 4. The zero-order valence-corrected chi connectivity index (χ0v) is 12.7. The molecule has 2 unspecified atom stereocenters. The first-order valence-electron chi connectivity index (χ1n) is 7.41. The average molecular weight is 287 g/mol. The Morgan fingerprint density at radius 2 is 2.00 bits per heavy atom. The van der Waals surface area contributed by atoms with Gasteiger partial charge in [0.15, 0.2) is 0 Å². The third-order valence-corrected chi connectivity index (χ3v) is 3.93. The smallest absolute Gasteiger partial charge is 0.411 e. The summed E-state index contributed by atoms with van der Waals surface area (Å²) in [4.78, 5) is 22.4. The van der Waals surface area contributed by atoms with Crippen molar-refractivity contribution in [1.82, 2.24) is 14.9 Å². The fourth-order valence-corrected chi connectivity index (χ4v) is 3.11. The molecule has 1 amide bonds. The Morgan fingerprint density at radius 1 is 1.29 bits per heavy atom. The highest BCUT2D eigenvalue weighted by atomic mass is 16.6. The van der Waals surface area contributed by atoms with E-state index in [0.29, 0.717) is 0 Å². The average Bonchev–Trinajstić information content (AvgIpc) is 2.69. The summed E-state index contributed by atoms with van der Waals surface area (Å²) in [6.07, 6.45) is 10.1. The minimum atomic E-state index is -0.451. The number of carbonyl (C=O) groups excluding carboxylic acids is 1. The maximum atomic E-state index is 12.4. The van der Waals surface area contributed by atoms with Crippen molar-refractivity contribution < 1.29 is 9.53 Å². The monoisotopic (exact) mass is 287 g/mol. The van der Waals surface area contributed by atoms with E-state index in [-0.39, 0.29) is 18.2 Å². The molecule has 1 fully saturated rings. The maximum Gasteiger partial charge on any atom is 0.411 e. The van der Waals surface area contributed by atoms with Crippen LogP contribution in [0.2, 0.25) is 0 Å². The van der Waals surface area contributed by atoms with Gasteiger partial charge in [-0.15, -0.1) is 0 Å². The fourth-order valence-electron chi connectivity index (χ4n) is 3.11. The van der Waals surface area contributed by atoms with Crippen LogP contribution in [0, 0.1) is 0 Å². The molecule has 3 rings (SSSR count). The van der Waals surface area contributed by atoms with Gasteiger partial charge in [0.1, 0.15) is 11.9 Å². The van der Waals surface area contributed by atoms with Crippen LogP contribution >= 0.6 is 0 Å². The number of aromatic nitrogens is 2. The van der Waals surface area contributed by atoms with E-state index in [4.69, 9.17) is 4.74 Å². The zero-order chi connectivity index (χ0) is 15.0. The lowest BCUT2D eigenvalue weighted by atomic mass is 9.97. The lowest BCUT2D eigenvalue weighted by Gasteiger charge is -2.35. The number of amides is 1. The molecule has 2 aliphatic heterocycles. The molecule has 0 saturated carbocycles. The van der Waals surface area contributed by atoms with Gasteiger partial charge in [0.25, 0.3) is 0 Å². The minimum absolute atomic E-state index is 0.133. The van der Waals surface area contributed by atoms with Crippen LogP contribution in [-0.4, -0.2) is 38.6 Å². The summed E-state index contributed by atoms with van der Waals surface area (Å²) in [5, 5.41) is 0. The SMILES string of the molecule is CC(C)(C)OC(=O)N1C2C=C(c3cncnc3)CC1CC2. The first-order valence-corrected chi connectivity index (χ1v) is 7.41.